The summed E-state index contributed by atoms with van der Waals surface area (Å²) < 4.78 is 0. The number of ketones is 2. The van der Waals surface area contributed by atoms with Crippen LogP contribution < -0.4 is 0 Å². The molecule has 0 aliphatic rings. The monoisotopic (exact) mass is 332 g/mol. The molecule has 0 aromatic heterocycles. The van der Waals surface area contributed by atoms with E-state index in [1.54, 1.807) is 24.3 Å². The molecule has 0 heterocycles. The van der Waals surface area contributed by atoms with E-state index in [2.05, 4.69) is 6.92 Å². The summed E-state index contributed by atoms with van der Waals surface area (Å²) in [5, 5.41) is 9.12. The minimum absolute atomic E-state index is 0.0119. The Bertz CT molecular complexity index is 536. The van der Waals surface area contributed by atoms with Crippen molar-refractivity contribution in [2.24, 2.45) is 11.8 Å². The van der Waals surface area contributed by atoms with Crippen LogP contribution in [0.25, 0.3) is 0 Å². The van der Waals surface area contributed by atoms with Gasteiger partial charge >= 0.3 is 5.97 Å². The van der Waals surface area contributed by atoms with E-state index in [9.17, 15) is 14.4 Å². The molecule has 0 saturated carbocycles. The molecule has 24 heavy (non-hydrogen) atoms. The summed E-state index contributed by atoms with van der Waals surface area (Å²) in [6.07, 6.45) is 5.32. The number of aliphatic carboxylic acids is 1. The van der Waals surface area contributed by atoms with Gasteiger partial charge in [0.1, 0.15) is 5.78 Å². The molecule has 1 N–H and O–H groups in total. The third-order valence-electron chi connectivity index (χ3n) is 4.36. The first-order valence-corrected chi connectivity index (χ1v) is 8.77. The fourth-order valence-electron chi connectivity index (χ4n) is 3.00. The predicted octanol–water partition coefficient (Wildman–Crippen LogP) is 4.53. The zero-order valence-corrected chi connectivity index (χ0v) is 14.7. The molecule has 0 aliphatic heterocycles. The first-order valence-electron chi connectivity index (χ1n) is 8.77. The van der Waals surface area contributed by atoms with E-state index >= 15 is 0 Å². The fraction of sp³-hybridized carbons (Fsp3) is 0.550. The highest BCUT2D eigenvalue weighted by atomic mass is 16.4. The van der Waals surface area contributed by atoms with Crippen molar-refractivity contribution >= 4 is 17.5 Å². The maximum absolute atomic E-state index is 12.6. The van der Waals surface area contributed by atoms with Gasteiger partial charge in [0.15, 0.2) is 5.78 Å². The van der Waals surface area contributed by atoms with Gasteiger partial charge in [0.2, 0.25) is 0 Å². The molecule has 2 unspecified atom stereocenters. The molecule has 1 aromatic carbocycles. The number of carboxylic acid groups (broad SMARTS) is 1. The van der Waals surface area contributed by atoms with E-state index in [1.807, 2.05) is 6.07 Å². The van der Waals surface area contributed by atoms with Crippen molar-refractivity contribution in [1.82, 2.24) is 0 Å². The van der Waals surface area contributed by atoms with Gasteiger partial charge in [0.05, 0.1) is 5.92 Å². The normalized spacial score (nSPS) is 13.2. The number of carbonyl (C=O) groups is 3. The average Bonchev–Trinajstić information content (AvgIpc) is 2.55. The second kappa shape index (κ2) is 10.7. The number of benzene rings is 1. The van der Waals surface area contributed by atoms with Crippen LogP contribution in [0.2, 0.25) is 0 Å². The zero-order valence-electron chi connectivity index (χ0n) is 14.7. The second-order valence-electron chi connectivity index (χ2n) is 6.44. The minimum Gasteiger partial charge on any atom is -0.481 e. The van der Waals surface area contributed by atoms with Crippen molar-refractivity contribution in [3.63, 3.8) is 0 Å². The van der Waals surface area contributed by atoms with E-state index in [0.29, 0.717) is 12.0 Å². The van der Waals surface area contributed by atoms with Gasteiger partial charge in [-0.2, -0.15) is 0 Å². The highest BCUT2D eigenvalue weighted by molar-refractivity contribution is 6.10. The highest BCUT2D eigenvalue weighted by Gasteiger charge is 2.28. The van der Waals surface area contributed by atoms with Crippen LogP contribution >= 0.6 is 0 Å². The molecule has 0 saturated heterocycles. The maximum Gasteiger partial charge on any atom is 0.303 e. The first-order chi connectivity index (χ1) is 11.5. The van der Waals surface area contributed by atoms with Crippen LogP contribution in [0.4, 0.5) is 0 Å². The van der Waals surface area contributed by atoms with E-state index in [-0.39, 0.29) is 23.9 Å². The van der Waals surface area contributed by atoms with Crippen LogP contribution in [0.5, 0.6) is 0 Å². The first kappa shape index (κ1) is 20.1. The zero-order chi connectivity index (χ0) is 17.9. The average molecular weight is 332 g/mol. The molecule has 0 amide bonds. The number of hydrogen-bond donors (Lipinski definition) is 1. The van der Waals surface area contributed by atoms with Crippen LogP contribution in [0.1, 0.15) is 69.2 Å². The molecule has 4 nitrogen and oxygen atoms in total. The van der Waals surface area contributed by atoms with Crippen molar-refractivity contribution in [1.29, 1.82) is 0 Å². The molecule has 1 aromatic rings. The summed E-state index contributed by atoms with van der Waals surface area (Å²) in [6, 6.07) is 8.76. The Kier molecular flexibility index (Phi) is 8.98. The lowest BCUT2D eigenvalue weighted by molar-refractivity contribution is -0.138. The molecular formula is C20H28O4. The van der Waals surface area contributed by atoms with Crippen molar-refractivity contribution in [3.8, 4) is 0 Å². The fourth-order valence-corrected chi connectivity index (χ4v) is 3.00. The largest absolute Gasteiger partial charge is 0.481 e. The summed E-state index contributed by atoms with van der Waals surface area (Å²) in [5.41, 5.74) is 0.512. The Morgan fingerprint density at radius 2 is 1.71 bits per heavy atom. The summed E-state index contributed by atoms with van der Waals surface area (Å²) in [7, 11) is 0. The molecule has 0 radical (unpaired) electrons. The lowest BCUT2D eigenvalue weighted by Crippen LogP contribution is -2.26. The van der Waals surface area contributed by atoms with Crippen LogP contribution in [0.3, 0.4) is 0 Å². The predicted molar refractivity (Wildman–Crippen MR) is 94.1 cm³/mol. The number of rotatable bonds is 12. The highest BCUT2D eigenvalue weighted by Crippen LogP contribution is 2.25. The molecular weight excluding hydrogens is 304 g/mol. The van der Waals surface area contributed by atoms with Gasteiger partial charge in [-0.3, -0.25) is 14.4 Å². The number of carboxylic acids is 1. The summed E-state index contributed by atoms with van der Waals surface area (Å²) in [6.45, 7) is 3.54. The number of hydrogen-bond acceptors (Lipinski definition) is 3. The minimum atomic E-state index is -0.870. The van der Waals surface area contributed by atoms with Crippen molar-refractivity contribution < 1.29 is 19.5 Å². The molecule has 4 heteroatoms. The van der Waals surface area contributed by atoms with Crippen LogP contribution in [-0.2, 0) is 9.59 Å². The van der Waals surface area contributed by atoms with Crippen LogP contribution in [0, 0.1) is 11.8 Å². The van der Waals surface area contributed by atoms with Crippen molar-refractivity contribution in [2.45, 2.75) is 58.8 Å². The summed E-state index contributed by atoms with van der Waals surface area (Å²) >= 11 is 0. The lowest BCUT2D eigenvalue weighted by atomic mass is 9.82. The lowest BCUT2D eigenvalue weighted by Gasteiger charge is -2.20. The molecule has 0 fully saturated rings. The molecule has 2 atom stereocenters. The molecule has 1 rings (SSSR count). The van der Waals surface area contributed by atoms with Crippen molar-refractivity contribution in [2.75, 3.05) is 0 Å². The van der Waals surface area contributed by atoms with Gasteiger partial charge in [-0.05, 0) is 25.7 Å². The Balaban J connectivity index is 2.78. The Morgan fingerprint density at radius 1 is 1.04 bits per heavy atom. The van der Waals surface area contributed by atoms with E-state index in [4.69, 9.17) is 5.11 Å². The smallest absolute Gasteiger partial charge is 0.303 e. The molecule has 0 spiro atoms. The Hall–Kier alpha value is -1.97. The third kappa shape index (κ3) is 7.07. The number of Topliss-reactive ketones (excluding diaryl/α,β-unsaturated/α-hetero) is 2. The van der Waals surface area contributed by atoms with E-state index < -0.39 is 11.9 Å². The van der Waals surface area contributed by atoms with Gasteiger partial charge in [-0.15, -0.1) is 0 Å². The van der Waals surface area contributed by atoms with E-state index in [1.165, 1.54) is 6.92 Å². The van der Waals surface area contributed by atoms with Crippen LogP contribution in [0.15, 0.2) is 30.3 Å². The molecule has 0 bridgehead atoms. The van der Waals surface area contributed by atoms with Gasteiger partial charge < -0.3 is 5.11 Å². The SMILES string of the molecule is CCCCCCC(CC(=O)O)CC(C(C)=O)C(=O)c1ccccc1. The number of carbonyl (C=O) groups excluding carboxylic acids is 2. The quantitative estimate of drug-likeness (QED) is 0.347. The molecule has 132 valence electrons. The van der Waals surface area contributed by atoms with Crippen molar-refractivity contribution in [3.05, 3.63) is 35.9 Å². The maximum atomic E-state index is 12.6. The standard InChI is InChI=1S/C20H28O4/c1-3-4-5-7-10-16(14-19(22)23)13-18(15(2)21)20(24)17-11-8-6-9-12-17/h6,8-9,11-12,16,18H,3-5,7,10,13-14H2,1-2H3,(H,22,23). The van der Waals surface area contributed by atoms with Gasteiger partial charge in [-0.25, -0.2) is 0 Å². The third-order valence-corrected chi connectivity index (χ3v) is 4.36. The van der Waals surface area contributed by atoms with Gasteiger partial charge in [-0.1, -0.05) is 62.9 Å². The number of unbranched alkanes of at least 4 members (excludes halogenated alkanes) is 3. The van der Waals surface area contributed by atoms with Gasteiger partial charge in [0, 0.05) is 12.0 Å². The Labute approximate surface area is 144 Å². The summed E-state index contributed by atoms with van der Waals surface area (Å²) in [4.78, 5) is 35.7. The van der Waals surface area contributed by atoms with E-state index in [0.717, 1.165) is 32.1 Å². The topological polar surface area (TPSA) is 71.4 Å². The Morgan fingerprint density at radius 3 is 2.25 bits per heavy atom. The van der Waals surface area contributed by atoms with Gasteiger partial charge in [0.25, 0.3) is 0 Å². The molecule has 0 aliphatic carbocycles. The second-order valence-corrected chi connectivity index (χ2v) is 6.44. The van der Waals surface area contributed by atoms with Crippen LogP contribution in [-0.4, -0.2) is 22.6 Å². The summed E-state index contributed by atoms with van der Waals surface area (Å²) in [5.74, 6) is -2.14.